The van der Waals surface area contributed by atoms with Gasteiger partial charge in [0.2, 0.25) is 5.91 Å². The quantitative estimate of drug-likeness (QED) is 0.0641. The van der Waals surface area contributed by atoms with Crippen LogP contribution in [0, 0.1) is 0 Å². The zero-order valence-electron chi connectivity index (χ0n) is 27.1. The first-order valence-electron chi connectivity index (χ1n) is 16.2. The van der Waals surface area contributed by atoms with Gasteiger partial charge in [0.25, 0.3) is 0 Å². The molecule has 0 aliphatic rings. The van der Waals surface area contributed by atoms with E-state index >= 15 is 0 Å². The second-order valence-electron chi connectivity index (χ2n) is 11.7. The maximum absolute atomic E-state index is 12.9. The maximum Gasteiger partial charge on any atom is 0.223 e. The van der Waals surface area contributed by atoms with E-state index in [4.69, 9.17) is 10.4 Å². The first kappa shape index (κ1) is 32.1. The summed E-state index contributed by atoms with van der Waals surface area (Å²) in [5, 5.41) is 26.0. The minimum Gasteiger partial charge on any atom is -0.411 e. The van der Waals surface area contributed by atoms with Gasteiger partial charge in [-0.05, 0) is 57.2 Å². The van der Waals surface area contributed by atoms with Gasteiger partial charge < -0.3 is 10.1 Å². The van der Waals surface area contributed by atoms with E-state index in [1.54, 1.807) is 4.90 Å². The lowest BCUT2D eigenvalue weighted by atomic mass is 9.77. The van der Waals surface area contributed by atoms with Crippen LogP contribution in [0.5, 0.6) is 0 Å². The molecule has 1 N–H and O–H groups in total. The standard InChI is InChI=1S/C40H38N6O2/c1-3-15-38(47)45(30(2)28-41-48)29-31-24-26-32(27-25-31)36-22-13-14-23-37(36)39-42-43-44-46(39)40(33-16-7-4-8-17-33,34-18-9-5-10-19-34)35-20-11-6-12-21-35/h4-14,16-28,30,48H,3,15,29H2,1-2H3/t30-/m0/s1. The molecule has 1 heterocycles. The lowest BCUT2D eigenvalue weighted by Crippen LogP contribution is -2.39. The molecule has 8 nitrogen and oxygen atoms in total. The van der Waals surface area contributed by atoms with Crippen LogP contribution in [-0.2, 0) is 16.9 Å². The molecule has 6 aromatic rings. The average molecular weight is 635 g/mol. The Balaban J connectivity index is 1.46. The van der Waals surface area contributed by atoms with Crippen molar-refractivity contribution in [2.24, 2.45) is 5.16 Å². The topological polar surface area (TPSA) is 96.5 Å². The third kappa shape index (κ3) is 6.25. The molecule has 0 bridgehead atoms. The number of amides is 1. The SMILES string of the molecule is CCCC(=O)N(Cc1ccc(-c2ccccc2-c2nnnn2C(c2ccccc2)(c2ccccc2)c2ccccc2)cc1)[C@@H](C)C=NO. The fourth-order valence-electron chi connectivity index (χ4n) is 6.40. The second-order valence-corrected chi connectivity index (χ2v) is 11.7. The molecule has 0 aliphatic heterocycles. The molecule has 0 saturated heterocycles. The van der Waals surface area contributed by atoms with E-state index in [2.05, 4.69) is 76.1 Å². The largest absolute Gasteiger partial charge is 0.411 e. The summed E-state index contributed by atoms with van der Waals surface area (Å²) in [4.78, 5) is 14.6. The van der Waals surface area contributed by atoms with Gasteiger partial charge in [0.15, 0.2) is 5.82 Å². The Morgan fingerprint density at radius 2 is 1.31 bits per heavy atom. The van der Waals surface area contributed by atoms with Gasteiger partial charge in [0, 0.05) is 18.5 Å². The molecule has 48 heavy (non-hydrogen) atoms. The Hall–Kier alpha value is -5.89. The van der Waals surface area contributed by atoms with Gasteiger partial charge in [-0.25, -0.2) is 4.68 Å². The molecule has 0 unspecified atom stereocenters. The summed E-state index contributed by atoms with van der Waals surface area (Å²) in [5.74, 6) is 0.643. The molecule has 5 aromatic carbocycles. The molecule has 0 aliphatic carbocycles. The summed E-state index contributed by atoms with van der Waals surface area (Å²) in [6, 6.07) is 47.1. The van der Waals surface area contributed by atoms with Crippen molar-refractivity contribution in [3.8, 4) is 22.5 Å². The molecule has 6 rings (SSSR count). The van der Waals surface area contributed by atoms with Crippen molar-refractivity contribution in [1.82, 2.24) is 25.1 Å². The van der Waals surface area contributed by atoms with Crippen LogP contribution in [0.1, 0.15) is 48.9 Å². The molecular weight excluding hydrogens is 596 g/mol. The molecule has 0 saturated carbocycles. The number of hydrogen-bond acceptors (Lipinski definition) is 6. The van der Waals surface area contributed by atoms with Gasteiger partial charge in [0.05, 0.1) is 12.3 Å². The van der Waals surface area contributed by atoms with Crippen LogP contribution in [0.15, 0.2) is 145 Å². The molecule has 1 amide bonds. The Bertz CT molecular complexity index is 1860. The van der Waals surface area contributed by atoms with Crippen LogP contribution in [0.2, 0.25) is 0 Å². The zero-order chi connectivity index (χ0) is 33.3. The fraction of sp³-hybridized carbons (Fsp3) is 0.175. The van der Waals surface area contributed by atoms with Crippen molar-refractivity contribution < 1.29 is 10.0 Å². The molecule has 0 fully saturated rings. The lowest BCUT2D eigenvalue weighted by molar-refractivity contribution is -0.132. The number of hydrogen-bond donors (Lipinski definition) is 1. The summed E-state index contributed by atoms with van der Waals surface area (Å²) in [5.41, 5.74) is 6.03. The number of carbonyl (C=O) groups excluding carboxylic acids is 1. The molecule has 240 valence electrons. The summed E-state index contributed by atoms with van der Waals surface area (Å²) in [6.45, 7) is 4.23. The molecule has 1 atom stereocenters. The van der Waals surface area contributed by atoms with Crippen molar-refractivity contribution in [2.45, 2.75) is 44.8 Å². The minimum absolute atomic E-state index is 0.0184. The first-order chi connectivity index (χ1) is 23.6. The maximum atomic E-state index is 12.9. The third-order valence-electron chi connectivity index (χ3n) is 8.71. The highest BCUT2D eigenvalue weighted by molar-refractivity contribution is 5.82. The van der Waals surface area contributed by atoms with E-state index in [1.807, 2.05) is 97.4 Å². The molecule has 1 aromatic heterocycles. The van der Waals surface area contributed by atoms with Gasteiger partial charge in [-0.1, -0.05) is 152 Å². The van der Waals surface area contributed by atoms with Crippen LogP contribution in [0.3, 0.4) is 0 Å². The Labute approximate surface area is 281 Å². The van der Waals surface area contributed by atoms with E-state index in [0.717, 1.165) is 45.4 Å². The summed E-state index contributed by atoms with van der Waals surface area (Å²) >= 11 is 0. The number of nitrogens with zero attached hydrogens (tertiary/aromatic N) is 6. The van der Waals surface area contributed by atoms with E-state index in [1.165, 1.54) is 6.21 Å². The lowest BCUT2D eigenvalue weighted by Gasteiger charge is -2.36. The van der Waals surface area contributed by atoms with Gasteiger partial charge in [-0.3, -0.25) is 4.79 Å². The number of aromatic nitrogens is 4. The van der Waals surface area contributed by atoms with Gasteiger partial charge in [0.1, 0.15) is 5.54 Å². The van der Waals surface area contributed by atoms with E-state index in [9.17, 15) is 4.79 Å². The van der Waals surface area contributed by atoms with E-state index in [-0.39, 0.29) is 11.9 Å². The zero-order valence-corrected chi connectivity index (χ0v) is 27.1. The number of benzene rings is 5. The van der Waals surface area contributed by atoms with Crippen molar-refractivity contribution >= 4 is 12.1 Å². The predicted molar refractivity (Wildman–Crippen MR) is 188 cm³/mol. The molecule has 0 radical (unpaired) electrons. The number of tetrazole rings is 1. The van der Waals surface area contributed by atoms with Gasteiger partial charge >= 0.3 is 0 Å². The average Bonchev–Trinajstić information content (AvgIpc) is 3.63. The van der Waals surface area contributed by atoms with E-state index < -0.39 is 5.54 Å². The highest BCUT2D eigenvalue weighted by Crippen LogP contribution is 2.43. The van der Waals surface area contributed by atoms with Crippen molar-refractivity contribution in [2.75, 3.05) is 0 Å². The fourth-order valence-corrected chi connectivity index (χ4v) is 6.40. The highest BCUT2D eigenvalue weighted by atomic mass is 16.4. The monoisotopic (exact) mass is 634 g/mol. The van der Waals surface area contributed by atoms with Gasteiger partial charge in [-0.15, -0.1) is 5.10 Å². The smallest absolute Gasteiger partial charge is 0.223 e. The highest BCUT2D eigenvalue weighted by Gasteiger charge is 2.42. The summed E-state index contributed by atoms with van der Waals surface area (Å²) in [6.07, 6.45) is 2.55. The van der Waals surface area contributed by atoms with Crippen molar-refractivity contribution in [3.63, 3.8) is 0 Å². The van der Waals surface area contributed by atoms with E-state index in [0.29, 0.717) is 18.8 Å². The Kier molecular flexibility index (Phi) is 9.81. The normalized spacial score (nSPS) is 12.2. The first-order valence-corrected chi connectivity index (χ1v) is 16.2. The van der Waals surface area contributed by atoms with Crippen LogP contribution in [0.25, 0.3) is 22.5 Å². The predicted octanol–water partition coefficient (Wildman–Crippen LogP) is 7.82. The number of oxime groups is 1. The summed E-state index contributed by atoms with van der Waals surface area (Å²) < 4.78 is 1.95. The third-order valence-corrected chi connectivity index (χ3v) is 8.71. The molecule has 0 spiro atoms. The number of rotatable bonds is 12. The Morgan fingerprint density at radius 3 is 1.83 bits per heavy atom. The second kappa shape index (κ2) is 14.7. The minimum atomic E-state index is -0.872. The van der Waals surface area contributed by atoms with Gasteiger partial charge in [-0.2, -0.15) is 0 Å². The van der Waals surface area contributed by atoms with Crippen LogP contribution >= 0.6 is 0 Å². The van der Waals surface area contributed by atoms with Crippen molar-refractivity contribution in [1.29, 1.82) is 0 Å². The van der Waals surface area contributed by atoms with Crippen LogP contribution < -0.4 is 0 Å². The van der Waals surface area contributed by atoms with Crippen LogP contribution in [-0.4, -0.2) is 48.5 Å². The van der Waals surface area contributed by atoms with Crippen molar-refractivity contribution in [3.05, 3.63) is 162 Å². The molecular formula is C40H38N6O2. The molecule has 8 heteroatoms. The number of carbonyl (C=O) groups is 1. The summed E-state index contributed by atoms with van der Waals surface area (Å²) in [7, 11) is 0. The van der Waals surface area contributed by atoms with Crippen LogP contribution in [0.4, 0.5) is 0 Å². The Morgan fingerprint density at radius 1 is 0.792 bits per heavy atom.